The summed E-state index contributed by atoms with van der Waals surface area (Å²) in [5.41, 5.74) is 0.384. The Morgan fingerprint density at radius 3 is 2.69 bits per heavy atom. The Hall–Kier alpha value is -3.88. The standard InChI is InChI=1S/C28H30F4N6O4/c1-17(26(39)36-24-13-34-25(14-33-24)42-23-3-2-20(29)11-22(23)30)38-5-4-28(31,32)21(16-38)18-10-19(27(40)35-12-18)15-37-6-8-41-9-7-37/h2-3,10-14,17,21H,4-9,15-16H2,1H3,(H,35,40)(H,33,36,39)/t17?,21-/m1/s1. The maximum Gasteiger partial charge on any atom is 0.257 e. The molecule has 1 amide bonds. The van der Waals surface area contributed by atoms with E-state index in [0.717, 1.165) is 18.3 Å². The Morgan fingerprint density at radius 2 is 1.98 bits per heavy atom. The van der Waals surface area contributed by atoms with E-state index in [9.17, 15) is 18.4 Å². The van der Waals surface area contributed by atoms with Crippen LogP contribution in [0.3, 0.4) is 0 Å². The number of piperidine rings is 1. The Labute approximate surface area is 238 Å². The maximum atomic E-state index is 15.2. The molecular weight excluding hydrogens is 560 g/mol. The van der Waals surface area contributed by atoms with E-state index in [1.807, 2.05) is 4.90 Å². The monoisotopic (exact) mass is 590 g/mol. The molecule has 14 heteroatoms. The van der Waals surface area contributed by atoms with Crippen molar-refractivity contribution in [3.05, 3.63) is 76.0 Å². The lowest BCUT2D eigenvalue weighted by Crippen LogP contribution is -2.52. The van der Waals surface area contributed by atoms with Crippen LogP contribution in [0, 0.1) is 11.6 Å². The summed E-state index contributed by atoms with van der Waals surface area (Å²) >= 11 is 0. The van der Waals surface area contributed by atoms with Crippen molar-refractivity contribution in [1.82, 2.24) is 24.8 Å². The van der Waals surface area contributed by atoms with E-state index in [4.69, 9.17) is 9.47 Å². The smallest absolute Gasteiger partial charge is 0.257 e. The third kappa shape index (κ3) is 6.94. The fourth-order valence-electron chi connectivity index (χ4n) is 5.00. The molecular formula is C28H30F4N6O4. The number of rotatable bonds is 8. The second-order valence-electron chi connectivity index (χ2n) is 10.3. The van der Waals surface area contributed by atoms with Crippen LogP contribution in [0.15, 0.2) is 47.7 Å². The van der Waals surface area contributed by atoms with Gasteiger partial charge in [-0.15, -0.1) is 0 Å². The molecule has 0 radical (unpaired) electrons. The van der Waals surface area contributed by atoms with Gasteiger partial charge in [-0.3, -0.25) is 19.4 Å². The van der Waals surface area contributed by atoms with E-state index in [0.29, 0.717) is 50.0 Å². The topological polar surface area (TPSA) is 113 Å². The number of carbonyl (C=O) groups is 1. The van der Waals surface area contributed by atoms with Gasteiger partial charge in [0, 0.05) is 57.0 Å². The van der Waals surface area contributed by atoms with Crippen LogP contribution in [0.4, 0.5) is 23.4 Å². The highest BCUT2D eigenvalue weighted by atomic mass is 19.3. The molecule has 42 heavy (non-hydrogen) atoms. The number of pyridine rings is 1. The molecule has 3 aromatic rings. The third-order valence-electron chi connectivity index (χ3n) is 7.48. The summed E-state index contributed by atoms with van der Waals surface area (Å²) in [6.07, 6.45) is 3.23. The van der Waals surface area contributed by atoms with Gasteiger partial charge in [-0.25, -0.2) is 27.5 Å². The van der Waals surface area contributed by atoms with Crippen molar-refractivity contribution in [2.45, 2.75) is 37.8 Å². The van der Waals surface area contributed by atoms with E-state index in [1.165, 1.54) is 18.5 Å². The van der Waals surface area contributed by atoms with Crippen molar-refractivity contribution in [2.24, 2.45) is 0 Å². The highest BCUT2D eigenvalue weighted by Gasteiger charge is 2.46. The zero-order valence-corrected chi connectivity index (χ0v) is 22.8. The zero-order valence-electron chi connectivity index (χ0n) is 22.8. The van der Waals surface area contributed by atoms with Crippen LogP contribution >= 0.6 is 0 Å². The van der Waals surface area contributed by atoms with Crippen LogP contribution in [0.25, 0.3) is 0 Å². The van der Waals surface area contributed by atoms with Gasteiger partial charge in [0.05, 0.1) is 37.6 Å². The zero-order chi connectivity index (χ0) is 29.9. The lowest BCUT2D eigenvalue weighted by molar-refractivity contribution is -0.125. The highest BCUT2D eigenvalue weighted by molar-refractivity contribution is 5.93. The minimum atomic E-state index is -3.04. The predicted molar refractivity (Wildman–Crippen MR) is 144 cm³/mol. The summed E-state index contributed by atoms with van der Waals surface area (Å²) in [4.78, 5) is 39.8. The normalized spacial score (nSPS) is 20.2. The number of aromatic nitrogens is 3. The average molecular weight is 591 g/mol. The van der Waals surface area contributed by atoms with Gasteiger partial charge in [0.15, 0.2) is 17.4 Å². The summed E-state index contributed by atoms with van der Waals surface area (Å²) in [7, 11) is 0. The molecule has 0 spiro atoms. The molecule has 224 valence electrons. The Morgan fingerprint density at radius 1 is 1.19 bits per heavy atom. The van der Waals surface area contributed by atoms with Gasteiger partial charge in [-0.05, 0) is 30.7 Å². The molecule has 0 bridgehead atoms. The molecule has 2 saturated heterocycles. The van der Waals surface area contributed by atoms with Crippen molar-refractivity contribution >= 4 is 11.7 Å². The van der Waals surface area contributed by atoms with Crippen LogP contribution in [-0.2, 0) is 16.1 Å². The maximum absolute atomic E-state index is 15.2. The number of anilines is 1. The van der Waals surface area contributed by atoms with Gasteiger partial charge < -0.3 is 19.8 Å². The first-order valence-electron chi connectivity index (χ1n) is 13.5. The van der Waals surface area contributed by atoms with Crippen molar-refractivity contribution in [1.29, 1.82) is 0 Å². The van der Waals surface area contributed by atoms with Gasteiger partial charge in [0.1, 0.15) is 5.82 Å². The highest BCUT2D eigenvalue weighted by Crippen LogP contribution is 2.40. The molecule has 0 aliphatic carbocycles. The van der Waals surface area contributed by atoms with Crippen LogP contribution in [0.2, 0.25) is 0 Å². The first kappa shape index (κ1) is 29.6. The number of morpholine rings is 1. The van der Waals surface area contributed by atoms with Gasteiger partial charge >= 0.3 is 0 Å². The first-order chi connectivity index (χ1) is 20.1. The lowest BCUT2D eigenvalue weighted by Gasteiger charge is -2.40. The molecule has 2 aliphatic heterocycles. The molecule has 1 aromatic carbocycles. The summed E-state index contributed by atoms with van der Waals surface area (Å²) < 4.78 is 67.8. The lowest BCUT2D eigenvalue weighted by atomic mass is 9.86. The summed E-state index contributed by atoms with van der Waals surface area (Å²) in [5, 5.41) is 2.60. The SMILES string of the molecule is CC(C(=O)Nc1cnc(Oc2ccc(F)cc2F)cn1)N1CCC(F)(F)[C@@H](c2c[nH]c(=O)c(CN3CCOCC3)c2)C1. The van der Waals surface area contributed by atoms with E-state index >= 15 is 8.78 Å². The average Bonchev–Trinajstić information content (AvgIpc) is 2.97. The molecule has 10 nitrogen and oxygen atoms in total. The molecule has 2 fully saturated rings. The molecule has 2 atom stereocenters. The van der Waals surface area contributed by atoms with Crippen LogP contribution < -0.4 is 15.6 Å². The van der Waals surface area contributed by atoms with Crippen LogP contribution in [0.5, 0.6) is 11.6 Å². The number of aromatic amines is 1. The number of carbonyl (C=O) groups excluding carboxylic acids is 1. The molecule has 2 aromatic heterocycles. The molecule has 2 N–H and O–H groups in total. The molecule has 5 rings (SSSR count). The summed E-state index contributed by atoms with van der Waals surface area (Å²) in [5.74, 6) is -6.67. The van der Waals surface area contributed by atoms with Crippen molar-refractivity contribution in [2.75, 3.05) is 44.7 Å². The summed E-state index contributed by atoms with van der Waals surface area (Å²) in [6.45, 7) is 4.22. The number of hydrogen-bond acceptors (Lipinski definition) is 8. The van der Waals surface area contributed by atoms with Crippen molar-refractivity contribution < 1.29 is 31.8 Å². The first-order valence-corrected chi connectivity index (χ1v) is 13.5. The second kappa shape index (κ2) is 12.5. The largest absolute Gasteiger partial charge is 0.434 e. The number of ether oxygens (including phenoxy) is 2. The molecule has 2 aliphatic rings. The minimum absolute atomic E-state index is 0.0102. The number of likely N-dealkylation sites (tertiary alicyclic amines) is 1. The number of nitrogens with one attached hydrogen (secondary N) is 2. The van der Waals surface area contributed by atoms with Crippen molar-refractivity contribution in [3.63, 3.8) is 0 Å². The molecule has 4 heterocycles. The second-order valence-corrected chi connectivity index (χ2v) is 10.3. The fraction of sp³-hybridized carbons (Fsp3) is 0.429. The number of alkyl halides is 2. The predicted octanol–water partition coefficient (Wildman–Crippen LogP) is 3.52. The van der Waals surface area contributed by atoms with Gasteiger partial charge in [-0.2, -0.15) is 0 Å². The van der Waals surface area contributed by atoms with E-state index in [1.54, 1.807) is 11.8 Å². The minimum Gasteiger partial charge on any atom is -0.434 e. The Balaban J connectivity index is 1.23. The number of benzene rings is 1. The number of H-pyrrole nitrogens is 1. The number of nitrogens with zero attached hydrogens (tertiary/aromatic N) is 4. The Bertz CT molecular complexity index is 1470. The molecule has 1 unspecified atom stereocenters. The van der Waals surface area contributed by atoms with E-state index in [2.05, 4.69) is 20.3 Å². The van der Waals surface area contributed by atoms with Crippen LogP contribution in [0.1, 0.15) is 30.4 Å². The van der Waals surface area contributed by atoms with E-state index < -0.39 is 41.8 Å². The number of hydrogen-bond donors (Lipinski definition) is 2. The van der Waals surface area contributed by atoms with Gasteiger partial charge in [-0.1, -0.05) is 0 Å². The quantitative estimate of drug-likeness (QED) is 0.384. The van der Waals surface area contributed by atoms with Gasteiger partial charge in [0.2, 0.25) is 11.8 Å². The van der Waals surface area contributed by atoms with E-state index in [-0.39, 0.29) is 36.1 Å². The van der Waals surface area contributed by atoms with Crippen LogP contribution in [-0.4, -0.2) is 82.0 Å². The molecule has 0 saturated carbocycles. The number of halogens is 4. The van der Waals surface area contributed by atoms with Crippen molar-refractivity contribution in [3.8, 4) is 11.6 Å². The summed E-state index contributed by atoms with van der Waals surface area (Å²) in [6, 6.07) is 3.56. The fourth-order valence-corrected chi connectivity index (χ4v) is 5.00. The third-order valence-corrected chi connectivity index (χ3v) is 7.48. The number of amides is 1. The Kier molecular flexibility index (Phi) is 8.85. The van der Waals surface area contributed by atoms with Gasteiger partial charge in [0.25, 0.3) is 11.5 Å².